The van der Waals surface area contributed by atoms with Gasteiger partial charge in [0, 0.05) is 31.7 Å². The standard InChI is InChI=1S/C13H10Br2F3NS/c14-8-4-9(20-6-8)5-12(19)10-3-7(13(16,17)18)1-2-11(10)15/h1-4,6,12H,5,19H2. The van der Waals surface area contributed by atoms with Gasteiger partial charge in [-0.05, 0) is 45.8 Å². The molecule has 1 heterocycles. The molecule has 2 rings (SSSR count). The molecule has 0 fully saturated rings. The van der Waals surface area contributed by atoms with E-state index < -0.39 is 17.8 Å². The van der Waals surface area contributed by atoms with Crippen LogP contribution in [0.2, 0.25) is 0 Å². The van der Waals surface area contributed by atoms with Crippen molar-refractivity contribution in [1.82, 2.24) is 0 Å². The molecule has 0 bridgehead atoms. The summed E-state index contributed by atoms with van der Waals surface area (Å²) in [5, 5.41) is 1.92. The van der Waals surface area contributed by atoms with Crippen LogP contribution in [0.5, 0.6) is 0 Å². The fraction of sp³-hybridized carbons (Fsp3) is 0.231. The van der Waals surface area contributed by atoms with Crippen molar-refractivity contribution in [2.45, 2.75) is 18.6 Å². The third kappa shape index (κ3) is 3.84. The Kier molecular flexibility index (Phi) is 4.94. The largest absolute Gasteiger partial charge is 0.416 e. The highest BCUT2D eigenvalue weighted by Crippen LogP contribution is 2.34. The maximum Gasteiger partial charge on any atom is 0.416 e. The first kappa shape index (κ1) is 16.0. The number of hydrogen-bond acceptors (Lipinski definition) is 2. The van der Waals surface area contributed by atoms with E-state index in [0.29, 0.717) is 16.5 Å². The zero-order valence-corrected chi connectivity index (χ0v) is 14.0. The van der Waals surface area contributed by atoms with Gasteiger partial charge in [0.15, 0.2) is 0 Å². The maximum absolute atomic E-state index is 12.7. The van der Waals surface area contributed by atoms with E-state index in [4.69, 9.17) is 5.73 Å². The Morgan fingerprint density at radius 3 is 2.45 bits per heavy atom. The minimum absolute atomic E-state index is 0.462. The van der Waals surface area contributed by atoms with E-state index in [0.717, 1.165) is 21.5 Å². The Hall–Kier alpha value is -0.370. The summed E-state index contributed by atoms with van der Waals surface area (Å²) in [6.45, 7) is 0. The van der Waals surface area contributed by atoms with Gasteiger partial charge in [0.1, 0.15) is 0 Å². The molecule has 0 saturated carbocycles. The molecule has 0 aliphatic carbocycles. The van der Waals surface area contributed by atoms with Crippen LogP contribution in [0.15, 0.2) is 38.6 Å². The molecule has 2 aromatic rings. The van der Waals surface area contributed by atoms with Crippen molar-refractivity contribution in [2.75, 3.05) is 0 Å². The first-order chi connectivity index (χ1) is 9.27. The molecule has 20 heavy (non-hydrogen) atoms. The quantitative estimate of drug-likeness (QED) is 0.682. The summed E-state index contributed by atoms with van der Waals surface area (Å²) in [7, 11) is 0. The van der Waals surface area contributed by atoms with Crippen molar-refractivity contribution in [1.29, 1.82) is 0 Å². The third-order valence-corrected chi connectivity index (χ3v) is 5.21. The molecule has 1 aromatic heterocycles. The Labute approximate surface area is 135 Å². The Balaban J connectivity index is 2.27. The fourth-order valence-corrected chi connectivity index (χ4v) is 3.84. The van der Waals surface area contributed by atoms with Crippen molar-refractivity contribution >= 4 is 43.2 Å². The van der Waals surface area contributed by atoms with Crippen molar-refractivity contribution in [3.05, 3.63) is 54.6 Å². The van der Waals surface area contributed by atoms with Crippen LogP contribution in [0, 0.1) is 0 Å². The van der Waals surface area contributed by atoms with Gasteiger partial charge in [0.2, 0.25) is 0 Å². The molecule has 0 aliphatic heterocycles. The minimum atomic E-state index is -4.36. The SMILES string of the molecule is NC(Cc1cc(Br)cs1)c1cc(C(F)(F)F)ccc1Br. The smallest absolute Gasteiger partial charge is 0.324 e. The summed E-state index contributed by atoms with van der Waals surface area (Å²) >= 11 is 8.13. The second kappa shape index (κ2) is 6.17. The van der Waals surface area contributed by atoms with Gasteiger partial charge in [-0.25, -0.2) is 0 Å². The summed E-state index contributed by atoms with van der Waals surface area (Å²) in [5.41, 5.74) is 5.82. The van der Waals surface area contributed by atoms with Gasteiger partial charge in [-0.2, -0.15) is 13.2 Å². The van der Waals surface area contributed by atoms with Gasteiger partial charge in [-0.1, -0.05) is 15.9 Å². The molecule has 1 unspecified atom stereocenters. The van der Waals surface area contributed by atoms with Crippen LogP contribution in [-0.2, 0) is 12.6 Å². The first-order valence-electron chi connectivity index (χ1n) is 5.62. The third-order valence-electron chi connectivity index (χ3n) is 2.77. The van der Waals surface area contributed by atoms with Crippen LogP contribution < -0.4 is 5.73 Å². The second-order valence-electron chi connectivity index (χ2n) is 4.28. The molecule has 0 spiro atoms. The average molecular weight is 429 g/mol. The number of benzene rings is 1. The van der Waals surface area contributed by atoms with Gasteiger partial charge in [0.25, 0.3) is 0 Å². The van der Waals surface area contributed by atoms with Crippen LogP contribution in [0.4, 0.5) is 13.2 Å². The van der Waals surface area contributed by atoms with Crippen molar-refractivity contribution in [3.63, 3.8) is 0 Å². The van der Waals surface area contributed by atoms with Crippen LogP contribution in [-0.4, -0.2) is 0 Å². The van der Waals surface area contributed by atoms with Crippen molar-refractivity contribution in [3.8, 4) is 0 Å². The van der Waals surface area contributed by atoms with E-state index in [2.05, 4.69) is 31.9 Å². The van der Waals surface area contributed by atoms with Crippen molar-refractivity contribution < 1.29 is 13.2 Å². The maximum atomic E-state index is 12.7. The predicted molar refractivity (Wildman–Crippen MR) is 81.8 cm³/mol. The van der Waals surface area contributed by atoms with Gasteiger partial charge >= 0.3 is 6.18 Å². The highest BCUT2D eigenvalue weighted by molar-refractivity contribution is 9.10. The number of halogens is 5. The Morgan fingerprint density at radius 2 is 1.90 bits per heavy atom. The fourth-order valence-electron chi connectivity index (χ4n) is 1.79. The molecular formula is C13H10Br2F3NS. The van der Waals surface area contributed by atoms with Crippen LogP contribution in [0.25, 0.3) is 0 Å². The van der Waals surface area contributed by atoms with Crippen molar-refractivity contribution in [2.24, 2.45) is 5.73 Å². The lowest BCUT2D eigenvalue weighted by Crippen LogP contribution is -2.15. The topological polar surface area (TPSA) is 26.0 Å². The highest BCUT2D eigenvalue weighted by Gasteiger charge is 2.31. The molecule has 1 nitrogen and oxygen atoms in total. The van der Waals surface area contributed by atoms with Gasteiger partial charge in [0.05, 0.1) is 5.56 Å². The predicted octanol–water partition coefficient (Wildman–Crippen LogP) is 5.53. The zero-order valence-electron chi connectivity index (χ0n) is 10.0. The van der Waals surface area contributed by atoms with Gasteiger partial charge in [-0.15, -0.1) is 11.3 Å². The number of hydrogen-bond donors (Lipinski definition) is 1. The molecule has 1 atom stereocenters. The van der Waals surface area contributed by atoms with Crippen LogP contribution in [0.1, 0.15) is 22.0 Å². The molecule has 108 valence electrons. The highest BCUT2D eigenvalue weighted by atomic mass is 79.9. The van der Waals surface area contributed by atoms with Gasteiger partial charge in [-0.3, -0.25) is 0 Å². The lowest BCUT2D eigenvalue weighted by Gasteiger charge is -2.16. The number of nitrogens with two attached hydrogens (primary N) is 1. The molecule has 0 amide bonds. The van der Waals surface area contributed by atoms with E-state index in [1.807, 2.05) is 11.4 Å². The van der Waals surface area contributed by atoms with E-state index in [1.165, 1.54) is 17.4 Å². The summed E-state index contributed by atoms with van der Waals surface area (Å²) in [4.78, 5) is 1.02. The normalized spacial score (nSPS) is 13.5. The van der Waals surface area contributed by atoms with E-state index in [1.54, 1.807) is 0 Å². The van der Waals surface area contributed by atoms with Crippen LogP contribution >= 0.6 is 43.2 Å². The van der Waals surface area contributed by atoms with E-state index in [-0.39, 0.29) is 0 Å². The van der Waals surface area contributed by atoms with E-state index >= 15 is 0 Å². The number of rotatable bonds is 3. The average Bonchev–Trinajstić information content (AvgIpc) is 2.73. The first-order valence-corrected chi connectivity index (χ1v) is 8.09. The Bertz CT molecular complexity index is 610. The molecule has 0 saturated heterocycles. The zero-order chi connectivity index (χ0) is 14.9. The van der Waals surface area contributed by atoms with E-state index in [9.17, 15) is 13.2 Å². The number of alkyl halides is 3. The molecule has 0 radical (unpaired) electrons. The number of thiophene rings is 1. The minimum Gasteiger partial charge on any atom is -0.324 e. The molecule has 1 aromatic carbocycles. The summed E-state index contributed by atoms with van der Waals surface area (Å²) < 4.78 is 39.7. The second-order valence-corrected chi connectivity index (χ2v) is 7.04. The summed E-state index contributed by atoms with van der Waals surface area (Å²) in [6.07, 6.45) is -3.86. The molecule has 2 N–H and O–H groups in total. The lowest BCUT2D eigenvalue weighted by molar-refractivity contribution is -0.137. The molecule has 0 aliphatic rings. The Morgan fingerprint density at radius 1 is 1.20 bits per heavy atom. The van der Waals surface area contributed by atoms with Crippen LogP contribution in [0.3, 0.4) is 0 Å². The molecule has 7 heteroatoms. The summed E-state index contributed by atoms with van der Waals surface area (Å²) in [5.74, 6) is 0. The summed E-state index contributed by atoms with van der Waals surface area (Å²) in [6, 6.07) is 4.98. The lowest BCUT2D eigenvalue weighted by atomic mass is 10.0. The molecular weight excluding hydrogens is 419 g/mol. The van der Waals surface area contributed by atoms with Gasteiger partial charge < -0.3 is 5.73 Å². The monoisotopic (exact) mass is 427 g/mol.